The zero-order chi connectivity index (χ0) is 24.0. The topological polar surface area (TPSA) is 140 Å². The number of carbonyl (C=O) groups excluding carboxylic acids is 2. The number of aromatic amines is 1. The van der Waals surface area contributed by atoms with Gasteiger partial charge in [0.15, 0.2) is 5.01 Å². The predicted molar refractivity (Wildman–Crippen MR) is 127 cm³/mol. The molecule has 11 nitrogen and oxygen atoms in total. The Bertz CT molecular complexity index is 1360. The van der Waals surface area contributed by atoms with Crippen molar-refractivity contribution in [1.82, 2.24) is 35.3 Å². The second-order valence-corrected chi connectivity index (χ2v) is 11.4. The minimum atomic E-state index is -3.94. The monoisotopic (exact) mass is 523 g/mol. The smallest absolute Gasteiger partial charge is 0.283 e. The third-order valence-electron chi connectivity index (χ3n) is 5.92. The van der Waals surface area contributed by atoms with Crippen molar-refractivity contribution in [2.45, 2.75) is 24.2 Å². The first-order chi connectivity index (χ1) is 16.3. The number of hydrogen-bond donors (Lipinski definition) is 4. The number of nitrogens with one attached hydrogen (secondary N) is 4. The van der Waals surface area contributed by atoms with E-state index in [0.29, 0.717) is 29.0 Å². The highest BCUT2D eigenvalue weighted by atomic mass is 35.5. The number of benzene rings is 1. The summed E-state index contributed by atoms with van der Waals surface area (Å²) in [4.78, 5) is 35.7. The number of hydrazine groups is 1. The van der Waals surface area contributed by atoms with Crippen LogP contribution in [0, 0.1) is 0 Å². The average molecular weight is 524 g/mol. The zero-order valence-corrected chi connectivity index (χ0v) is 20.5. The summed E-state index contributed by atoms with van der Waals surface area (Å²) in [5.41, 5.74) is 7.42. The third-order valence-corrected chi connectivity index (χ3v) is 9.03. The second-order valence-electron chi connectivity index (χ2n) is 7.95. The molecule has 4 N–H and O–H groups in total. The Morgan fingerprint density at radius 1 is 1.21 bits per heavy atom. The predicted octanol–water partition coefficient (Wildman–Crippen LogP) is 0.647. The van der Waals surface area contributed by atoms with E-state index < -0.39 is 22.0 Å². The first-order valence-corrected chi connectivity index (χ1v) is 13.2. The molecule has 1 aromatic carbocycles. The fourth-order valence-electron chi connectivity index (χ4n) is 4.13. The Hall–Kier alpha value is -2.55. The van der Waals surface area contributed by atoms with Crippen molar-refractivity contribution >= 4 is 55.7 Å². The van der Waals surface area contributed by atoms with Gasteiger partial charge in [0.25, 0.3) is 15.9 Å². The van der Waals surface area contributed by atoms with Gasteiger partial charge in [-0.25, -0.2) is 13.4 Å². The Morgan fingerprint density at radius 3 is 2.76 bits per heavy atom. The molecule has 0 aliphatic carbocycles. The molecular weight excluding hydrogens is 502 g/mol. The van der Waals surface area contributed by atoms with Crippen LogP contribution in [-0.2, 0) is 27.9 Å². The maximum absolute atomic E-state index is 13.4. The largest absolute Gasteiger partial charge is 0.357 e. The SMILES string of the molecule is CNC(=O)C1CN(S(=O)(=O)c2cc3cc(Cl)ccc3[nH]2)CCN1C(=O)c1nc2c(s1)CNNC2. The minimum Gasteiger partial charge on any atom is -0.357 e. The number of amides is 2. The summed E-state index contributed by atoms with van der Waals surface area (Å²) in [6, 6.07) is 5.59. The highest BCUT2D eigenvalue weighted by Gasteiger charge is 2.41. The number of likely N-dealkylation sites (N-methyl/N-ethyl adjacent to an activating group) is 1. The van der Waals surface area contributed by atoms with Gasteiger partial charge in [-0.3, -0.25) is 20.4 Å². The lowest BCUT2D eigenvalue weighted by molar-refractivity contribution is -0.126. The first kappa shape index (κ1) is 23.2. The Morgan fingerprint density at radius 2 is 2.00 bits per heavy atom. The van der Waals surface area contributed by atoms with Gasteiger partial charge in [0.1, 0.15) is 11.1 Å². The minimum absolute atomic E-state index is 0.00722. The fourth-order valence-corrected chi connectivity index (χ4v) is 6.73. The summed E-state index contributed by atoms with van der Waals surface area (Å²) < 4.78 is 28.0. The van der Waals surface area contributed by atoms with Gasteiger partial charge in [-0.05, 0) is 24.3 Å². The lowest BCUT2D eigenvalue weighted by atomic mass is 10.1. The number of rotatable bonds is 4. The highest BCUT2D eigenvalue weighted by molar-refractivity contribution is 7.89. The van der Waals surface area contributed by atoms with E-state index in [0.717, 1.165) is 10.6 Å². The zero-order valence-electron chi connectivity index (χ0n) is 18.1. The number of H-pyrrole nitrogens is 1. The molecule has 3 aromatic rings. The summed E-state index contributed by atoms with van der Waals surface area (Å²) in [7, 11) is -2.48. The molecule has 0 saturated carbocycles. The molecule has 0 spiro atoms. The van der Waals surface area contributed by atoms with Gasteiger partial charge >= 0.3 is 0 Å². The molecule has 1 atom stereocenters. The molecule has 2 aromatic heterocycles. The molecule has 0 radical (unpaired) electrons. The number of hydrogen-bond acceptors (Lipinski definition) is 8. The van der Waals surface area contributed by atoms with Crippen LogP contribution in [0.25, 0.3) is 10.9 Å². The summed E-state index contributed by atoms with van der Waals surface area (Å²) in [5.74, 6) is -0.827. The van der Waals surface area contributed by atoms with Gasteiger partial charge in [-0.15, -0.1) is 11.3 Å². The molecule has 0 bridgehead atoms. The Labute approximate surface area is 204 Å². The number of nitrogens with zero attached hydrogens (tertiary/aromatic N) is 3. The molecule has 4 heterocycles. The summed E-state index contributed by atoms with van der Waals surface area (Å²) in [6.45, 7) is 0.994. The van der Waals surface area contributed by atoms with Crippen LogP contribution in [0.2, 0.25) is 5.02 Å². The van der Waals surface area contributed by atoms with Crippen molar-refractivity contribution in [2.24, 2.45) is 0 Å². The number of aromatic nitrogens is 2. The van der Waals surface area contributed by atoms with E-state index in [4.69, 9.17) is 11.6 Å². The maximum Gasteiger partial charge on any atom is 0.283 e. The van der Waals surface area contributed by atoms with E-state index in [-0.39, 0.29) is 35.6 Å². The summed E-state index contributed by atoms with van der Waals surface area (Å²) >= 11 is 7.30. The molecule has 1 saturated heterocycles. The molecule has 5 rings (SSSR count). The Balaban J connectivity index is 1.41. The number of fused-ring (bicyclic) bond motifs is 2. The van der Waals surface area contributed by atoms with Gasteiger partial charge in [0.2, 0.25) is 5.91 Å². The molecule has 2 aliphatic rings. The second kappa shape index (κ2) is 8.91. The fraction of sp³-hybridized carbons (Fsp3) is 0.350. The van der Waals surface area contributed by atoms with Crippen molar-refractivity contribution in [2.75, 3.05) is 26.7 Å². The first-order valence-electron chi connectivity index (χ1n) is 10.5. The van der Waals surface area contributed by atoms with E-state index in [9.17, 15) is 18.0 Å². The van der Waals surface area contributed by atoms with Crippen LogP contribution >= 0.6 is 22.9 Å². The lowest BCUT2D eigenvalue weighted by Gasteiger charge is -2.39. The van der Waals surface area contributed by atoms with Gasteiger partial charge in [-0.2, -0.15) is 4.31 Å². The van der Waals surface area contributed by atoms with Gasteiger partial charge in [0.05, 0.1) is 12.2 Å². The number of piperazine rings is 1. The molecule has 2 amide bonds. The van der Waals surface area contributed by atoms with E-state index >= 15 is 0 Å². The van der Waals surface area contributed by atoms with Crippen molar-refractivity contribution < 1.29 is 18.0 Å². The molecule has 1 unspecified atom stereocenters. The summed E-state index contributed by atoms with van der Waals surface area (Å²) in [6.07, 6.45) is 0. The number of carbonyl (C=O) groups is 2. The van der Waals surface area contributed by atoms with Crippen molar-refractivity contribution in [3.63, 3.8) is 0 Å². The number of thiazole rings is 1. The van der Waals surface area contributed by atoms with Crippen LogP contribution in [0.1, 0.15) is 20.4 Å². The normalized spacial score (nSPS) is 19.2. The highest BCUT2D eigenvalue weighted by Crippen LogP contribution is 2.27. The lowest BCUT2D eigenvalue weighted by Crippen LogP contribution is -2.61. The number of halogens is 1. The van der Waals surface area contributed by atoms with E-state index in [1.807, 2.05) is 0 Å². The molecule has 1 fully saturated rings. The van der Waals surface area contributed by atoms with Gasteiger partial charge < -0.3 is 15.2 Å². The molecule has 34 heavy (non-hydrogen) atoms. The maximum atomic E-state index is 13.4. The molecule has 2 aliphatic heterocycles. The van der Waals surface area contributed by atoms with Crippen LogP contribution in [0.15, 0.2) is 29.3 Å². The average Bonchev–Trinajstić information content (AvgIpc) is 3.47. The van der Waals surface area contributed by atoms with E-state index in [1.54, 1.807) is 18.2 Å². The van der Waals surface area contributed by atoms with Crippen molar-refractivity contribution in [1.29, 1.82) is 0 Å². The molecule has 180 valence electrons. The van der Waals surface area contributed by atoms with E-state index in [2.05, 4.69) is 26.1 Å². The summed E-state index contributed by atoms with van der Waals surface area (Å²) in [5, 5.41) is 4.00. The van der Waals surface area contributed by atoms with Crippen LogP contribution in [0.3, 0.4) is 0 Å². The molecular formula is C20H22ClN7O4S2. The standard InChI is InChI=1S/C20H22ClN7O4S2/c1-22-18(29)15-10-27(34(31,32)17-7-11-6-12(21)2-3-13(11)25-17)4-5-28(15)20(30)19-26-14-8-23-24-9-16(14)33-19/h2-3,6-7,15,23-25H,4-5,8-10H2,1H3,(H,22,29). The Kier molecular flexibility index (Phi) is 6.08. The van der Waals surface area contributed by atoms with Crippen LogP contribution < -0.4 is 16.2 Å². The third kappa shape index (κ3) is 4.08. The quantitative estimate of drug-likeness (QED) is 0.393. The molecule has 14 heteroatoms. The van der Waals surface area contributed by atoms with Gasteiger partial charge in [0, 0.05) is 54.0 Å². The van der Waals surface area contributed by atoms with Crippen LogP contribution in [-0.4, -0.2) is 72.1 Å². The van der Waals surface area contributed by atoms with Crippen molar-refractivity contribution in [3.8, 4) is 0 Å². The van der Waals surface area contributed by atoms with Gasteiger partial charge in [-0.1, -0.05) is 11.6 Å². The van der Waals surface area contributed by atoms with E-state index in [1.165, 1.54) is 33.7 Å². The van der Waals surface area contributed by atoms with Crippen LogP contribution in [0.4, 0.5) is 0 Å². The number of sulfonamides is 1. The van der Waals surface area contributed by atoms with Crippen LogP contribution in [0.5, 0.6) is 0 Å². The van der Waals surface area contributed by atoms with Crippen molar-refractivity contribution in [3.05, 3.63) is 44.9 Å².